The Balaban J connectivity index is 2.39. The maximum absolute atomic E-state index is 6.08. The van der Waals surface area contributed by atoms with Gasteiger partial charge in [-0.1, -0.05) is 35.8 Å². The van der Waals surface area contributed by atoms with Crippen LogP contribution in [0.1, 0.15) is 30.9 Å². The Hall–Kier alpha value is -0.340. The van der Waals surface area contributed by atoms with E-state index in [2.05, 4.69) is 54.9 Å². The molecule has 2 rings (SSSR count). The summed E-state index contributed by atoms with van der Waals surface area (Å²) in [4.78, 5) is 0. The van der Waals surface area contributed by atoms with Crippen molar-refractivity contribution in [2.75, 3.05) is 0 Å². The number of rotatable bonds is 1. The summed E-state index contributed by atoms with van der Waals surface area (Å²) in [6.45, 7) is 6.63. The standard InChI is InChI=1S/C12H16BrN/c1-7-4-5-8(13)6-9(7)10-11(14)12(10,2)3/h4-6,10-11H,14H2,1-3H3/t10-,11-/m0/s1. The fourth-order valence-electron chi connectivity index (χ4n) is 2.22. The number of hydrogen-bond donors (Lipinski definition) is 1. The van der Waals surface area contributed by atoms with E-state index in [4.69, 9.17) is 5.73 Å². The Labute approximate surface area is 93.8 Å². The summed E-state index contributed by atoms with van der Waals surface area (Å²) in [5, 5.41) is 0. The first-order valence-electron chi connectivity index (χ1n) is 4.96. The average Bonchev–Trinajstić information content (AvgIpc) is 2.58. The molecule has 1 fully saturated rings. The van der Waals surface area contributed by atoms with Gasteiger partial charge >= 0.3 is 0 Å². The first-order chi connectivity index (χ1) is 6.44. The zero-order valence-electron chi connectivity index (χ0n) is 8.84. The maximum Gasteiger partial charge on any atom is 0.0178 e. The van der Waals surface area contributed by atoms with Crippen LogP contribution < -0.4 is 5.73 Å². The monoisotopic (exact) mass is 253 g/mol. The van der Waals surface area contributed by atoms with Crippen molar-refractivity contribution in [2.24, 2.45) is 11.1 Å². The smallest absolute Gasteiger partial charge is 0.0178 e. The summed E-state index contributed by atoms with van der Waals surface area (Å²) in [6.07, 6.45) is 0. The van der Waals surface area contributed by atoms with Gasteiger partial charge in [0.1, 0.15) is 0 Å². The minimum Gasteiger partial charge on any atom is -0.327 e. The zero-order valence-corrected chi connectivity index (χ0v) is 10.4. The predicted octanol–water partition coefficient (Wildman–Crippen LogP) is 3.21. The second kappa shape index (κ2) is 3.07. The van der Waals surface area contributed by atoms with Crippen molar-refractivity contribution >= 4 is 15.9 Å². The van der Waals surface area contributed by atoms with E-state index in [1.807, 2.05) is 0 Å². The lowest BCUT2D eigenvalue weighted by Gasteiger charge is -2.07. The van der Waals surface area contributed by atoms with Crippen molar-refractivity contribution in [3.8, 4) is 0 Å². The minimum absolute atomic E-state index is 0.269. The van der Waals surface area contributed by atoms with E-state index in [0.717, 1.165) is 4.47 Å². The van der Waals surface area contributed by atoms with E-state index >= 15 is 0 Å². The summed E-state index contributed by atoms with van der Waals surface area (Å²) in [6, 6.07) is 6.75. The number of nitrogens with two attached hydrogens (primary N) is 1. The van der Waals surface area contributed by atoms with Gasteiger partial charge in [-0.05, 0) is 35.6 Å². The molecule has 14 heavy (non-hydrogen) atoms. The van der Waals surface area contributed by atoms with E-state index in [9.17, 15) is 0 Å². The molecule has 1 nitrogen and oxygen atoms in total. The quantitative estimate of drug-likeness (QED) is 0.818. The van der Waals surface area contributed by atoms with Crippen LogP contribution in [0.25, 0.3) is 0 Å². The van der Waals surface area contributed by atoms with Crippen LogP contribution in [0.5, 0.6) is 0 Å². The van der Waals surface area contributed by atoms with Gasteiger partial charge in [0.15, 0.2) is 0 Å². The van der Waals surface area contributed by atoms with Crippen LogP contribution in [0.15, 0.2) is 22.7 Å². The maximum atomic E-state index is 6.08. The van der Waals surface area contributed by atoms with Gasteiger partial charge in [-0.15, -0.1) is 0 Å². The Bertz CT molecular complexity index is 371. The Kier molecular flexibility index (Phi) is 2.24. The van der Waals surface area contributed by atoms with Gasteiger partial charge < -0.3 is 5.73 Å². The molecule has 1 aliphatic carbocycles. The first kappa shape index (κ1) is 10.2. The Morgan fingerprint density at radius 2 is 1.93 bits per heavy atom. The molecule has 1 aromatic carbocycles. The highest BCUT2D eigenvalue weighted by molar-refractivity contribution is 9.10. The Morgan fingerprint density at radius 3 is 2.43 bits per heavy atom. The van der Waals surface area contributed by atoms with Crippen molar-refractivity contribution in [2.45, 2.75) is 32.7 Å². The van der Waals surface area contributed by atoms with E-state index in [1.165, 1.54) is 11.1 Å². The van der Waals surface area contributed by atoms with Gasteiger partial charge in [0.2, 0.25) is 0 Å². The van der Waals surface area contributed by atoms with Crippen LogP contribution in [0, 0.1) is 12.3 Å². The van der Waals surface area contributed by atoms with Crippen LogP contribution in [0.3, 0.4) is 0 Å². The molecule has 0 spiro atoms. The summed E-state index contributed by atoms with van der Waals surface area (Å²) < 4.78 is 1.15. The molecule has 0 aliphatic heterocycles. The van der Waals surface area contributed by atoms with E-state index < -0.39 is 0 Å². The number of benzene rings is 1. The van der Waals surface area contributed by atoms with Crippen LogP contribution in [0.2, 0.25) is 0 Å². The molecule has 76 valence electrons. The molecule has 2 N–H and O–H groups in total. The summed E-state index contributed by atoms with van der Waals surface area (Å²) in [7, 11) is 0. The van der Waals surface area contributed by atoms with Crippen molar-refractivity contribution in [1.82, 2.24) is 0 Å². The van der Waals surface area contributed by atoms with Crippen molar-refractivity contribution < 1.29 is 0 Å². The third-order valence-corrected chi connectivity index (χ3v) is 3.98. The fourth-order valence-corrected chi connectivity index (χ4v) is 2.60. The fraction of sp³-hybridized carbons (Fsp3) is 0.500. The van der Waals surface area contributed by atoms with Crippen LogP contribution in [-0.2, 0) is 0 Å². The molecule has 0 saturated heterocycles. The van der Waals surface area contributed by atoms with E-state index in [1.54, 1.807) is 0 Å². The summed E-state index contributed by atoms with van der Waals surface area (Å²) in [5.74, 6) is 0.528. The molecule has 0 unspecified atom stereocenters. The van der Waals surface area contributed by atoms with Crippen LogP contribution >= 0.6 is 15.9 Å². The third-order valence-electron chi connectivity index (χ3n) is 3.49. The lowest BCUT2D eigenvalue weighted by Crippen LogP contribution is -2.06. The molecular weight excluding hydrogens is 238 g/mol. The summed E-state index contributed by atoms with van der Waals surface area (Å²) >= 11 is 3.51. The van der Waals surface area contributed by atoms with Gasteiger partial charge in [0.05, 0.1) is 0 Å². The van der Waals surface area contributed by atoms with E-state index in [0.29, 0.717) is 12.0 Å². The SMILES string of the molecule is Cc1ccc(Br)cc1[C@H]1[C@H](N)C1(C)C. The topological polar surface area (TPSA) is 26.0 Å². The Morgan fingerprint density at radius 1 is 1.36 bits per heavy atom. The molecule has 0 bridgehead atoms. The highest BCUT2D eigenvalue weighted by atomic mass is 79.9. The van der Waals surface area contributed by atoms with Crippen molar-refractivity contribution in [3.05, 3.63) is 33.8 Å². The van der Waals surface area contributed by atoms with Crippen molar-refractivity contribution in [1.29, 1.82) is 0 Å². The normalized spacial score (nSPS) is 28.9. The van der Waals surface area contributed by atoms with Crippen LogP contribution in [-0.4, -0.2) is 6.04 Å². The second-order valence-corrected chi connectivity index (χ2v) is 5.74. The molecule has 1 saturated carbocycles. The third kappa shape index (κ3) is 1.41. The largest absolute Gasteiger partial charge is 0.327 e. The average molecular weight is 254 g/mol. The molecule has 2 atom stereocenters. The molecule has 0 heterocycles. The van der Waals surface area contributed by atoms with Crippen molar-refractivity contribution in [3.63, 3.8) is 0 Å². The van der Waals surface area contributed by atoms with E-state index in [-0.39, 0.29) is 5.41 Å². The number of hydrogen-bond acceptors (Lipinski definition) is 1. The second-order valence-electron chi connectivity index (χ2n) is 4.83. The number of halogens is 1. The zero-order chi connectivity index (χ0) is 10.5. The highest BCUT2D eigenvalue weighted by Gasteiger charge is 2.56. The summed E-state index contributed by atoms with van der Waals surface area (Å²) in [5.41, 5.74) is 9.10. The highest BCUT2D eigenvalue weighted by Crippen LogP contribution is 2.58. The minimum atomic E-state index is 0.269. The van der Waals surface area contributed by atoms with Gasteiger partial charge in [-0.2, -0.15) is 0 Å². The first-order valence-corrected chi connectivity index (χ1v) is 5.75. The molecule has 0 radical (unpaired) electrons. The molecular formula is C12H16BrN. The number of aryl methyl sites for hydroxylation is 1. The van der Waals surface area contributed by atoms with Gasteiger partial charge in [-0.25, -0.2) is 0 Å². The van der Waals surface area contributed by atoms with Gasteiger partial charge in [-0.3, -0.25) is 0 Å². The molecule has 1 aliphatic rings. The predicted molar refractivity (Wildman–Crippen MR) is 63.4 cm³/mol. The molecule has 0 amide bonds. The van der Waals surface area contributed by atoms with Crippen LogP contribution in [0.4, 0.5) is 0 Å². The van der Waals surface area contributed by atoms with Gasteiger partial charge in [0, 0.05) is 16.4 Å². The lowest BCUT2D eigenvalue weighted by molar-refractivity contribution is 0.598. The van der Waals surface area contributed by atoms with Gasteiger partial charge in [0.25, 0.3) is 0 Å². The molecule has 1 aromatic rings. The lowest BCUT2D eigenvalue weighted by atomic mass is 9.99. The molecule has 0 aromatic heterocycles. The molecule has 2 heteroatoms.